The highest BCUT2D eigenvalue weighted by Crippen LogP contribution is 2.41. The second kappa shape index (κ2) is 14.5. The molecule has 0 spiro atoms. The molecule has 8 rings (SSSR count). The lowest BCUT2D eigenvalue weighted by molar-refractivity contribution is -0.111. The fourth-order valence-corrected chi connectivity index (χ4v) is 9.24. The predicted molar refractivity (Wildman–Crippen MR) is 215 cm³/mol. The first-order chi connectivity index (χ1) is 27.1. The molecule has 2 saturated heterocycles. The number of aromatic nitrogens is 4. The van der Waals surface area contributed by atoms with Crippen LogP contribution in [0.2, 0.25) is 0 Å². The molecule has 15 heteroatoms. The number of aryl methyl sites for hydroxylation is 1. The minimum atomic E-state index is -2.65. The molecule has 3 aliphatic heterocycles. The molecule has 2 atom stereocenters. The first kappa shape index (κ1) is 38.5. The summed E-state index contributed by atoms with van der Waals surface area (Å²) in [6.07, 6.45) is 7.45. The normalized spacial score (nSPS) is 21.4. The summed E-state index contributed by atoms with van der Waals surface area (Å²) in [6.45, 7) is 11.5. The van der Waals surface area contributed by atoms with Gasteiger partial charge in [0.1, 0.15) is 11.5 Å². The molecule has 2 fully saturated rings. The number of rotatable bonds is 9. The molecule has 57 heavy (non-hydrogen) atoms. The van der Waals surface area contributed by atoms with E-state index in [1.807, 2.05) is 17.0 Å². The Labute approximate surface area is 330 Å². The van der Waals surface area contributed by atoms with Crippen LogP contribution in [0.25, 0.3) is 11.3 Å². The van der Waals surface area contributed by atoms with E-state index in [1.165, 1.54) is 21.9 Å². The molecule has 1 unspecified atom stereocenters. The zero-order chi connectivity index (χ0) is 40.4. The summed E-state index contributed by atoms with van der Waals surface area (Å²) in [6, 6.07) is 9.14. The van der Waals surface area contributed by atoms with Gasteiger partial charge in [-0.15, -0.1) is 0 Å². The average Bonchev–Trinajstić information content (AvgIpc) is 3.81. The van der Waals surface area contributed by atoms with Gasteiger partial charge in [-0.05, 0) is 80.0 Å². The fraction of sp³-hybridized carbons (Fsp3) is 0.452. The third kappa shape index (κ3) is 7.22. The highest BCUT2D eigenvalue weighted by Gasteiger charge is 2.43. The number of carbonyl (C=O) groups is 2. The van der Waals surface area contributed by atoms with Gasteiger partial charge in [0.05, 0.1) is 30.2 Å². The van der Waals surface area contributed by atoms with Crippen molar-refractivity contribution in [2.24, 2.45) is 12.5 Å². The van der Waals surface area contributed by atoms with Crippen LogP contribution < -0.4 is 26.0 Å². The van der Waals surface area contributed by atoms with Gasteiger partial charge < -0.3 is 29.8 Å². The molecule has 0 bridgehead atoms. The molecule has 13 nitrogen and oxygen atoms in total. The van der Waals surface area contributed by atoms with Gasteiger partial charge >= 0.3 is 0 Å². The molecule has 300 valence electrons. The van der Waals surface area contributed by atoms with Gasteiger partial charge in [0, 0.05) is 86.6 Å². The van der Waals surface area contributed by atoms with Crippen LogP contribution in [-0.4, -0.2) is 85.1 Å². The minimum Gasteiger partial charge on any atom is -0.392 e. The standard InChI is InChI=1S/C42H49F2N9O4/c1-6-36(55)47-31-19-27(7-8-33(31)51-13-10-28(17-25(51)2)50-14-11-42(43,44)24-50)46-37-40(57)49(5)22-32(48-37)29-9-12-45-38(30(29)23-54)53-16-15-52-34(39(53)56)18-26-20-41(3,4)21-35(26)52/h6-9,12,18-19,22,25,28,54H,1,10-11,13-17,20-21,23-24H2,2-5H3,(H,46,48)(H,47,55)/t25-,28?/m0/s1. The van der Waals surface area contributed by atoms with E-state index >= 15 is 0 Å². The number of amides is 2. The molecule has 3 aromatic heterocycles. The van der Waals surface area contributed by atoms with Crippen molar-refractivity contribution >= 4 is 40.5 Å². The summed E-state index contributed by atoms with van der Waals surface area (Å²) in [7, 11) is 1.61. The van der Waals surface area contributed by atoms with Crippen LogP contribution in [0.15, 0.2) is 60.2 Å². The SMILES string of the molecule is C=CC(=O)Nc1cc(Nc2nc(-c3ccnc(N4CCn5c(cc6c5CC(C)(C)C6)C4=O)c3CO)cn(C)c2=O)ccc1N1CCC(N2CCC(F)(F)C2)C[C@@H]1C. The largest absolute Gasteiger partial charge is 0.392 e. The van der Waals surface area contributed by atoms with E-state index in [9.17, 15) is 28.3 Å². The second-order valence-corrected chi connectivity index (χ2v) is 16.7. The van der Waals surface area contributed by atoms with Gasteiger partial charge in [0.15, 0.2) is 5.82 Å². The summed E-state index contributed by atoms with van der Waals surface area (Å²) in [5.74, 6) is -2.89. The third-order valence-corrected chi connectivity index (χ3v) is 12.0. The predicted octanol–water partition coefficient (Wildman–Crippen LogP) is 5.49. The van der Waals surface area contributed by atoms with Crippen LogP contribution in [-0.2, 0) is 37.8 Å². The number of hydrogen-bond donors (Lipinski definition) is 3. The molecule has 1 aliphatic carbocycles. The molecular formula is C42H49F2N9O4. The maximum absolute atomic E-state index is 14.0. The number of likely N-dealkylation sites (tertiary alicyclic amines) is 1. The van der Waals surface area contributed by atoms with Gasteiger partial charge in [-0.25, -0.2) is 18.7 Å². The first-order valence-corrected chi connectivity index (χ1v) is 19.6. The molecule has 4 aromatic rings. The topological polar surface area (TPSA) is 141 Å². The zero-order valence-electron chi connectivity index (χ0n) is 32.8. The number of alkyl halides is 2. The van der Waals surface area contributed by atoms with Crippen molar-refractivity contribution in [3.8, 4) is 11.3 Å². The summed E-state index contributed by atoms with van der Waals surface area (Å²) < 4.78 is 31.5. The lowest BCUT2D eigenvalue weighted by Gasteiger charge is -2.43. The molecule has 4 aliphatic rings. The Kier molecular flexibility index (Phi) is 9.79. The number of fused-ring (bicyclic) bond motifs is 3. The molecular weight excluding hydrogens is 733 g/mol. The Balaban J connectivity index is 1.06. The monoisotopic (exact) mass is 781 g/mol. The van der Waals surface area contributed by atoms with Crippen LogP contribution in [0.4, 0.5) is 37.5 Å². The van der Waals surface area contributed by atoms with Gasteiger partial charge in [-0.2, -0.15) is 0 Å². The Morgan fingerprint density at radius 3 is 2.63 bits per heavy atom. The van der Waals surface area contributed by atoms with Crippen molar-refractivity contribution in [1.82, 2.24) is 24.0 Å². The van der Waals surface area contributed by atoms with Crippen molar-refractivity contribution in [3.63, 3.8) is 0 Å². The molecule has 0 saturated carbocycles. The van der Waals surface area contributed by atoms with E-state index in [0.29, 0.717) is 78.7 Å². The fourth-order valence-electron chi connectivity index (χ4n) is 9.24. The number of aliphatic hydroxyl groups is 1. The molecule has 0 radical (unpaired) electrons. The molecule has 2 amide bonds. The minimum absolute atomic E-state index is 0.00619. The third-order valence-electron chi connectivity index (χ3n) is 12.0. The van der Waals surface area contributed by atoms with Gasteiger partial charge in [0.2, 0.25) is 5.91 Å². The number of halogens is 2. The van der Waals surface area contributed by atoms with E-state index in [4.69, 9.17) is 4.98 Å². The van der Waals surface area contributed by atoms with Crippen molar-refractivity contribution < 1.29 is 23.5 Å². The number of pyridine rings is 1. The van der Waals surface area contributed by atoms with Gasteiger partial charge in [-0.3, -0.25) is 24.2 Å². The summed E-state index contributed by atoms with van der Waals surface area (Å²) in [4.78, 5) is 55.1. The highest BCUT2D eigenvalue weighted by molar-refractivity contribution is 6.06. The first-order valence-electron chi connectivity index (χ1n) is 19.6. The van der Waals surface area contributed by atoms with Crippen LogP contribution in [0, 0.1) is 5.41 Å². The number of carbonyl (C=O) groups excluding carboxylic acids is 2. The van der Waals surface area contributed by atoms with Crippen LogP contribution in [0.1, 0.15) is 67.3 Å². The molecule has 1 aromatic carbocycles. The van der Waals surface area contributed by atoms with Gasteiger partial charge in [-0.1, -0.05) is 20.4 Å². The highest BCUT2D eigenvalue weighted by atomic mass is 19.3. The summed E-state index contributed by atoms with van der Waals surface area (Å²) in [5.41, 5.74) is 5.83. The van der Waals surface area contributed by atoms with E-state index in [2.05, 4.69) is 52.4 Å². The maximum Gasteiger partial charge on any atom is 0.293 e. The number of nitrogens with one attached hydrogen (secondary N) is 2. The number of aliphatic hydroxyl groups excluding tert-OH is 1. The van der Waals surface area contributed by atoms with E-state index in [0.717, 1.165) is 18.5 Å². The van der Waals surface area contributed by atoms with E-state index in [-0.39, 0.29) is 42.2 Å². The number of benzene rings is 1. The quantitative estimate of drug-likeness (QED) is 0.188. The Hall–Kier alpha value is -5.41. The lowest BCUT2D eigenvalue weighted by Crippen LogP contribution is -2.49. The Morgan fingerprint density at radius 1 is 1.11 bits per heavy atom. The van der Waals surface area contributed by atoms with Crippen LogP contribution in [0.5, 0.6) is 0 Å². The van der Waals surface area contributed by atoms with E-state index < -0.39 is 24.0 Å². The van der Waals surface area contributed by atoms with Gasteiger partial charge in [0.25, 0.3) is 17.4 Å². The zero-order valence-corrected chi connectivity index (χ0v) is 32.8. The lowest BCUT2D eigenvalue weighted by atomic mass is 9.90. The van der Waals surface area contributed by atoms with E-state index in [1.54, 1.807) is 42.5 Å². The number of hydrogen-bond acceptors (Lipinski definition) is 9. The molecule has 3 N–H and O–H groups in total. The number of anilines is 5. The molecule has 6 heterocycles. The second-order valence-electron chi connectivity index (χ2n) is 16.7. The van der Waals surface area contributed by atoms with Crippen molar-refractivity contribution in [2.45, 2.75) is 84.0 Å². The van der Waals surface area contributed by atoms with Crippen molar-refractivity contribution in [3.05, 3.63) is 88.2 Å². The Morgan fingerprint density at radius 2 is 1.91 bits per heavy atom. The van der Waals surface area contributed by atoms with Crippen LogP contribution >= 0.6 is 0 Å². The summed E-state index contributed by atoms with van der Waals surface area (Å²) >= 11 is 0. The summed E-state index contributed by atoms with van der Waals surface area (Å²) in [5, 5.41) is 16.8. The van der Waals surface area contributed by atoms with Crippen LogP contribution in [0.3, 0.4) is 0 Å². The Bertz CT molecular complexity index is 2340. The van der Waals surface area contributed by atoms with Crippen molar-refractivity contribution in [2.75, 3.05) is 46.6 Å². The van der Waals surface area contributed by atoms with Crippen molar-refractivity contribution in [1.29, 1.82) is 0 Å². The number of nitrogens with zero attached hydrogens (tertiary/aromatic N) is 7. The maximum atomic E-state index is 14.0. The number of piperidine rings is 1. The smallest absolute Gasteiger partial charge is 0.293 e. The average molecular weight is 782 g/mol.